The highest BCUT2D eigenvalue weighted by Crippen LogP contribution is 2.28. The summed E-state index contributed by atoms with van der Waals surface area (Å²) in [5, 5.41) is 26.6. The molecule has 0 aliphatic carbocycles. The van der Waals surface area contributed by atoms with Crippen LogP contribution >= 0.6 is 11.6 Å². The number of halogens is 1. The van der Waals surface area contributed by atoms with Crippen molar-refractivity contribution >= 4 is 51.9 Å². The van der Waals surface area contributed by atoms with Crippen LogP contribution in [0.15, 0.2) is 107 Å². The van der Waals surface area contributed by atoms with Crippen molar-refractivity contribution in [3.63, 3.8) is 0 Å². The Morgan fingerprint density at radius 1 is 0.805 bits per heavy atom. The molecule has 2 amide bonds. The first-order valence-electron chi connectivity index (χ1n) is 12.4. The van der Waals surface area contributed by atoms with Crippen LogP contribution in [0.25, 0.3) is 0 Å². The van der Waals surface area contributed by atoms with Gasteiger partial charge in [-0.05, 0) is 24.3 Å². The van der Waals surface area contributed by atoms with Gasteiger partial charge in [-0.25, -0.2) is 4.99 Å². The molecule has 0 aromatic heterocycles. The molecule has 4 aromatic rings. The number of nitro groups is 1. The fourth-order valence-electron chi connectivity index (χ4n) is 4.31. The topological polar surface area (TPSA) is 146 Å². The second kappa shape index (κ2) is 11.9. The Balaban J connectivity index is 0.000000165. The van der Waals surface area contributed by atoms with E-state index in [4.69, 9.17) is 11.6 Å². The van der Waals surface area contributed by atoms with Crippen molar-refractivity contribution in [2.45, 2.75) is 6.23 Å². The minimum atomic E-state index is -1.43. The third-order valence-electron chi connectivity index (χ3n) is 6.20. The zero-order chi connectivity index (χ0) is 28.9. The van der Waals surface area contributed by atoms with Gasteiger partial charge in [-0.1, -0.05) is 72.3 Å². The fourth-order valence-corrected chi connectivity index (χ4v) is 4.49. The smallest absolute Gasteiger partial charge is 0.276 e. The largest absolute Gasteiger partial charge is 0.364 e. The van der Waals surface area contributed by atoms with E-state index in [0.717, 1.165) is 11.1 Å². The Morgan fingerprint density at radius 3 is 2.05 bits per heavy atom. The molecular weight excluding hydrogens is 546 g/mol. The number of aliphatic imine (C=N–C) groups is 2. The van der Waals surface area contributed by atoms with Crippen LogP contribution in [0.2, 0.25) is 5.02 Å². The zero-order valence-electron chi connectivity index (χ0n) is 21.3. The number of rotatable bonds is 3. The maximum absolute atomic E-state index is 11.7. The first kappa shape index (κ1) is 27.4. The van der Waals surface area contributed by atoms with Crippen molar-refractivity contribution in [1.29, 1.82) is 0 Å². The van der Waals surface area contributed by atoms with E-state index >= 15 is 0 Å². The molecule has 2 heterocycles. The summed E-state index contributed by atoms with van der Waals surface area (Å²) in [6.45, 7) is -0.00724. The normalized spacial score (nSPS) is 15.7. The van der Waals surface area contributed by atoms with Gasteiger partial charge in [0.1, 0.15) is 6.54 Å². The lowest BCUT2D eigenvalue weighted by Crippen LogP contribution is -2.24. The number of amides is 2. The lowest BCUT2D eigenvalue weighted by molar-refractivity contribution is -0.384. The van der Waals surface area contributed by atoms with E-state index in [0.29, 0.717) is 38.9 Å². The summed E-state index contributed by atoms with van der Waals surface area (Å²) >= 11 is 6.03. The number of benzodiazepines with no additional fused rings is 2. The standard InChI is InChI=1S/C15H11ClN2O2.C15H11N3O3/c16-10-6-7-12-11(8-10)13(9-4-2-1-3-5-9)18-15(20)14(19)17-12;19-14-9-16-15(10-4-2-1-3-5-10)12-8-11(18(20)21)6-7-13(12)17-14/h1-8,15,20H,(H,17,19);1-8H,9H2,(H,17,19). The second-order valence-electron chi connectivity index (χ2n) is 8.96. The Morgan fingerprint density at radius 2 is 1.39 bits per heavy atom. The van der Waals surface area contributed by atoms with Crippen LogP contribution in [0.3, 0.4) is 0 Å². The van der Waals surface area contributed by atoms with Crippen LogP contribution in [0.4, 0.5) is 17.1 Å². The molecule has 1 unspecified atom stereocenters. The Hall–Kier alpha value is -5.19. The molecule has 10 nitrogen and oxygen atoms in total. The van der Waals surface area contributed by atoms with Gasteiger partial charge in [0, 0.05) is 39.4 Å². The number of nitrogens with zero attached hydrogens (tertiary/aromatic N) is 3. The van der Waals surface area contributed by atoms with Crippen LogP contribution in [0, 0.1) is 10.1 Å². The lowest BCUT2D eigenvalue weighted by atomic mass is 10.00. The first-order chi connectivity index (χ1) is 19.8. The molecule has 11 heteroatoms. The summed E-state index contributed by atoms with van der Waals surface area (Å²) in [6.07, 6.45) is -1.43. The van der Waals surface area contributed by atoms with Gasteiger partial charge in [0.05, 0.1) is 27.7 Å². The highest BCUT2D eigenvalue weighted by atomic mass is 35.5. The number of nitro benzene ring substituents is 1. The molecule has 2 aliphatic heterocycles. The number of fused-ring (bicyclic) bond motifs is 2. The van der Waals surface area contributed by atoms with E-state index in [1.807, 2.05) is 60.7 Å². The highest BCUT2D eigenvalue weighted by molar-refractivity contribution is 6.32. The summed E-state index contributed by atoms with van der Waals surface area (Å²) in [7, 11) is 0. The van der Waals surface area contributed by atoms with Crippen molar-refractivity contribution in [1.82, 2.24) is 0 Å². The average Bonchev–Trinajstić information content (AvgIpc) is 3.22. The monoisotopic (exact) mass is 567 g/mol. The van der Waals surface area contributed by atoms with Gasteiger partial charge in [-0.3, -0.25) is 24.7 Å². The molecule has 1 atom stereocenters. The fraction of sp³-hybridized carbons (Fsp3) is 0.0667. The van der Waals surface area contributed by atoms with Gasteiger partial charge in [-0.2, -0.15) is 0 Å². The predicted octanol–water partition coefficient (Wildman–Crippen LogP) is 4.83. The summed E-state index contributed by atoms with van der Waals surface area (Å²) in [4.78, 5) is 42.3. The van der Waals surface area contributed by atoms with Gasteiger partial charge < -0.3 is 15.7 Å². The van der Waals surface area contributed by atoms with Crippen molar-refractivity contribution in [2.75, 3.05) is 17.2 Å². The molecule has 0 fully saturated rings. The molecular formula is C30H22ClN5O5. The Kier molecular flexibility index (Phi) is 7.95. The van der Waals surface area contributed by atoms with Crippen molar-refractivity contribution < 1.29 is 19.6 Å². The quantitative estimate of drug-likeness (QED) is 0.240. The molecule has 204 valence electrons. The van der Waals surface area contributed by atoms with Gasteiger partial charge >= 0.3 is 0 Å². The third kappa shape index (κ3) is 6.19. The number of aliphatic hydroxyl groups excluding tert-OH is 1. The number of non-ortho nitro benzene ring substituents is 1. The molecule has 2 aliphatic rings. The van der Waals surface area contributed by atoms with Gasteiger partial charge in [0.2, 0.25) is 12.1 Å². The van der Waals surface area contributed by atoms with Gasteiger partial charge in [0.25, 0.3) is 11.6 Å². The van der Waals surface area contributed by atoms with Crippen LogP contribution in [0.5, 0.6) is 0 Å². The third-order valence-corrected chi connectivity index (χ3v) is 6.43. The van der Waals surface area contributed by atoms with E-state index in [-0.39, 0.29) is 18.1 Å². The van der Waals surface area contributed by atoms with Crippen LogP contribution in [0.1, 0.15) is 22.3 Å². The number of benzene rings is 4. The Bertz CT molecular complexity index is 1710. The summed E-state index contributed by atoms with van der Waals surface area (Å²) < 4.78 is 0. The van der Waals surface area contributed by atoms with Crippen LogP contribution in [-0.2, 0) is 9.59 Å². The van der Waals surface area contributed by atoms with Crippen LogP contribution in [-0.4, -0.2) is 46.0 Å². The number of hydrogen-bond donors (Lipinski definition) is 3. The number of anilines is 2. The van der Waals surface area contributed by atoms with Crippen molar-refractivity contribution in [2.24, 2.45) is 9.98 Å². The lowest BCUT2D eigenvalue weighted by Gasteiger charge is -2.10. The maximum atomic E-state index is 11.7. The number of nitrogens with one attached hydrogen (secondary N) is 2. The molecule has 6 rings (SSSR count). The maximum Gasteiger partial charge on any atom is 0.276 e. The number of aliphatic hydroxyl groups is 1. The van der Waals surface area contributed by atoms with Crippen LogP contribution < -0.4 is 10.6 Å². The summed E-state index contributed by atoms with van der Waals surface area (Å²) in [5.74, 6) is -0.796. The van der Waals surface area contributed by atoms with Gasteiger partial charge in [0.15, 0.2) is 0 Å². The molecule has 0 saturated heterocycles. The minimum absolute atomic E-state index is 0.00724. The summed E-state index contributed by atoms with van der Waals surface area (Å²) in [6, 6.07) is 28.1. The van der Waals surface area contributed by atoms with Gasteiger partial charge in [-0.15, -0.1) is 0 Å². The zero-order valence-corrected chi connectivity index (χ0v) is 22.1. The minimum Gasteiger partial charge on any atom is -0.364 e. The number of carbonyl (C=O) groups excluding carboxylic acids is 2. The molecule has 0 bridgehead atoms. The predicted molar refractivity (Wildman–Crippen MR) is 157 cm³/mol. The molecule has 0 radical (unpaired) electrons. The molecule has 41 heavy (non-hydrogen) atoms. The van der Waals surface area contributed by atoms with E-state index in [1.54, 1.807) is 18.2 Å². The van der Waals surface area contributed by atoms with E-state index < -0.39 is 17.1 Å². The SMILES string of the molecule is O=C1CN=C(c2ccccc2)c2cc([N+](=O)[O-])ccc2N1.O=C1Nc2ccc(Cl)cc2C(c2ccccc2)=NC1O. The number of carbonyl (C=O) groups is 2. The van der Waals surface area contributed by atoms with E-state index in [2.05, 4.69) is 20.6 Å². The summed E-state index contributed by atoms with van der Waals surface area (Å²) in [5.41, 5.74) is 5.07. The highest BCUT2D eigenvalue weighted by Gasteiger charge is 2.24. The molecule has 0 spiro atoms. The average molecular weight is 568 g/mol. The van der Waals surface area contributed by atoms with E-state index in [9.17, 15) is 24.8 Å². The van der Waals surface area contributed by atoms with E-state index in [1.165, 1.54) is 18.2 Å². The Labute approximate surface area is 239 Å². The van der Waals surface area contributed by atoms with Crippen molar-refractivity contribution in [3.05, 3.63) is 134 Å². The van der Waals surface area contributed by atoms with Crippen molar-refractivity contribution in [3.8, 4) is 0 Å². The molecule has 3 N–H and O–H groups in total. The molecule has 0 saturated carbocycles. The first-order valence-corrected chi connectivity index (χ1v) is 12.8. The molecule has 4 aromatic carbocycles. The second-order valence-corrected chi connectivity index (χ2v) is 9.40. The number of hydrogen-bond acceptors (Lipinski definition) is 7.